The van der Waals surface area contributed by atoms with Crippen LogP contribution < -0.4 is 11.5 Å². The second-order valence-electron chi connectivity index (χ2n) is 5.17. The molecule has 10 heteroatoms. The summed E-state index contributed by atoms with van der Waals surface area (Å²) in [5.41, 5.74) is 12.4. The van der Waals surface area contributed by atoms with Crippen LogP contribution in [0, 0.1) is 5.92 Å². The summed E-state index contributed by atoms with van der Waals surface area (Å²) in [7, 11) is 0. The second-order valence-corrected chi connectivity index (χ2v) is 5.17. The summed E-state index contributed by atoms with van der Waals surface area (Å²) in [4.78, 5) is 23.4. The summed E-state index contributed by atoms with van der Waals surface area (Å²) in [6, 6.07) is 6.92. The van der Waals surface area contributed by atoms with E-state index in [1.54, 1.807) is 38.1 Å². The van der Waals surface area contributed by atoms with Gasteiger partial charge >= 0.3 is 18.2 Å². The van der Waals surface area contributed by atoms with Crippen LogP contribution in [0.5, 0.6) is 0 Å². The topological polar surface area (TPSA) is 128 Å². The zero-order chi connectivity index (χ0) is 19.6. The van der Waals surface area contributed by atoms with Crippen molar-refractivity contribution in [2.45, 2.75) is 26.6 Å². The summed E-state index contributed by atoms with van der Waals surface area (Å²) >= 11 is 0. The Morgan fingerprint density at radius 1 is 1.24 bits per heavy atom. The van der Waals surface area contributed by atoms with Crippen LogP contribution in [0.15, 0.2) is 29.3 Å². The predicted octanol–water partition coefficient (Wildman–Crippen LogP) is 2.28. The Balaban J connectivity index is 0.000000477. The molecule has 0 aliphatic heterocycles. The van der Waals surface area contributed by atoms with Crippen LogP contribution in [0.2, 0.25) is 0 Å². The quantitative estimate of drug-likeness (QED) is 0.428. The van der Waals surface area contributed by atoms with Gasteiger partial charge in [0.2, 0.25) is 0 Å². The van der Waals surface area contributed by atoms with E-state index in [1.807, 2.05) is 0 Å². The van der Waals surface area contributed by atoms with E-state index < -0.39 is 18.2 Å². The average Bonchev–Trinajstić information content (AvgIpc) is 2.51. The molecule has 1 amide bonds. The number of alkyl halides is 3. The van der Waals surface area contributed by atoms with Crippen molar-refractivity contribution in [3.8, 4) is 0 Å². The fourth-order valence-corrected chi connectivity index (χ4v) is 1.30. The third-order valence-corrected chi connectivity index (χ3v) is 2.48. The number of hydrogen-bond acceptors (Lipinski definition) is 4. The number of amidine groups is 1. The zero-order valence-electron chi connectivity index (χ0n) is 13.7. The lowest BCUT2D eigenvalue weighted by atomic mass is 10.1. The number of ether oxygens (including phenoxy) is 1. The summed E-state index contributed by atoms with van der Waals surface area (Å²) in [5, 5.41) is 8.36. The van der Waals surface area contributed by atoms with E-state index in [2.05, 4.69) is 9.73 Å². The molecule has 1 rings (SSSR count). The number of carbonyl (C=O) groups excluding carboxylic acids is 1. The maximum atomic E-state index is 11.4. The Morgan fingerprint density at radius 2 is 1.76 bits per heavy atom. The van der Waals surface area contributed by atoms with Gasteiger partial charge in [0.1, 0.15) is 5.84 Å². The van der Waals surface area contributed by atoms with Crippen LogP contribution in [-0.2, 0) is 16.1 Å². The first-order valence-electron chi connectivity index (χ1n) is 7.07. The number of halogens is 3. The van der Waals surface area contributed by atoms with Gasteiger partial charge in [0, 0.05) is 12.1 Å². The minimum Gasteiger partial charge on any atom is -0.463 e. The largest absolute Gasteiger partial charge is 0.490 e. The summed E-state index contributed by atoms with van der Waals surface area (Å²) < 4.78 is 38.2. The molecule has 0 aliphatic rings. The van der Waals surface area contributed by atoms with Crippen molar-refractivity contribution in [3.05, 3.63) is 35.4 Å². The number of rotatable bonds is 4. The maximum Gasteiger partial charge on any atom is 0.490 e. The predicted molar refractivity (Wildman–Crippen MR) is 84.9 cm³/mol. The molecule has 0 aromatic heterocycles. The molecule has 1 aromatic carbocycles. The Bertz CT molecular complexity index is 599. The van der Waals surface area contributed by atoms with E-state index in [-0.39, 0.29) is 18.4 Å². The van der Waals surface area contributed by atoms with E-state index in [9.17, 15) is 22.8 Å². The summed E-state index contributed by atoms with van der Waals surface area (Å²) in [6.07, 6.45) is -6.17. The first-order chi connectivity index (χ1) is 11.5. The average molecular weight is 363 g/mol. The zero-order valence-corrected chi connectivity index (χ0v) is 13.7. The Hall–Kier alpha value is -2.62. The lowest BCUT2D eigenvalue weighted by molar-refractivity contribution is -0.200. The molecule has 0 radical (unpaired) electrons. The molecule has 140 valence electrons. The van der Waals surface area contributed by atoms with Crippen molar-refractivity contribution < 1.29 is 32.6 Å². The van der Waals surface area contributed by atoms with E-state index >= 15 is 0 Å². The summed E-state index contributed by atoms with van der Waals surface area (Å²) in [5.74, 6) is -2.21. The summed E-state index contributed by atoms with van der Waals surface area (Å²) in [6.45, 7) is 3.56. The lowest BCUT2D eigenvalue weighted by Gasteiger charge is -2.08. The molecular formula is C15H20F3N3O4. The minimum absolute atomic E-state index is 0.0129. The minimum atomic E-state index is -4.87. The highest BCUT2D eigenvalue weighted by molar-refractivity contribution is 6.02. The van der Waals surface area contributed by atoms with Gasteiger partial charge in [-0.3, -0.25) is 0 Å². The molecule has 0 heterocycles. The fraction of sp³-hybridized carbons (Fsp3) is 0.400. The van der Waals surface area contributed by atoms with Gasteiger partial charge in [-0.25, -0.2) is 9.59 Å². The molecule has 0 saturated carbocycles. The van der Waals surface area contributed by atoms with E-state index in [1.165, 1.54) is 0 Å². The number of esters is 1. The van der Waals surface area contributed by atoms with E-state index in [4.69, 9.17) is 16.6 Å². The number of amides is 1. The maximum absolute atomic E-state index is 11.4. The van der Waals surface area contributed by atoms with Gasteiger partial charge in [0.05, 0.1) is 6.61 Å². The third-order valence-electron chi connectivity index (χ3n) is 2.48. The Labute approximate surface area is 142 Å². The highest BCUT2D eigenvalue weighted by Crippen LogP contribution is 2.16. The van der Waals surface area contributed by atoms with Crippen molar-refractivity contribution in [3.63, 3.8) is 0 Å². The van der Waals surface area contributed by atoms with Crippen LogP contribution in [0.1, 0.15) is 25.0 Å². The first-order valence-corrected chi connectivity index (χ1v) is 7.07. The number of hydrogen-bond donors (Lipinski definition) is 3. The molecule has 5 N–H and O–H groups in total. The van der Waals surface area contributed by atoms with Gasteiger partial charge in [0.25, 0.3) is 0 Å². The van der Waals surface area contributed by atoms with Crippen LogP contribution >= 0.6 is 0 Å². The number of benzene rings is 1. The van der Waals surface area contributed by atoms with E-state index in [0.717, 1.165) is 5.56 Å². The second kappa shape index (κ2) is 10.3. The van der Waals surface area contributed by atoms with Gasteiger partial charge in [-0.15, -0.1) is 0 Å². The number of carboxylic acid groups (broad SMARTS) is 1. The highest BCUT2D eigenvalue weighted by Gasteiger charge is 2.40. The van der Waals surface area contributed by atoms with Gasteiger partial charge in [-0.2, -0.15) is 18.2 Å². The number of aliphatic imine (C=N–C) groups is 1. The third kappa shape index (κ3) is 9.97. The lowest BCUT2D eigenvalue weighted by Crippen LogP contribution is -2.26. The molecular weight excluding hydrogens is 343 g/mol. The van der Waals surface area contributed by atoms with Crippen molar-refractivity contribution >= 4 is 17.9 Å². The number of nitrogens with zero attached hydrogens (tertiary/aromatic N) is 1. The standard InChI is InChI=1S/C9H11N3O2.C6H9F3O2/c10-5-6-1-3-7(4-2-6)8(11)12-9(13)14;1-4(2)3-11-5(10)6(7,8)9/h1-4H,5,10H2,(H2,11,12)(H,13,14);4H,3H2,1-2H3. The molecule has 0 spiro atoms. The Morgan fingerprint density at radius 3 is 2.12 bits per heavy atom. The molecule has 7 nitrogen and oxygen atoms in total. The molecule has 0 atom stereocenters. The van der Waals surface area contributed by atoms with Gasteiger partial charge in [-0.05, 0) is 11.5 Å². The van der Waals surface area contributed by atoms with Crippen LogP contribution in [0.4, 0.5) is 18.0 Å². The van der Waals surface area contributed by atoms with Crippen molar-refractivity contribution in [2.24, 2.45) is 22.4 Å². The van der Waals surface area contributed by atoms with Gasteiger partial charge in [-0.1, -0.05) is 38.1 Å². The van der Waals surface area contributed by atoms with E-state index in [0.29, 0.717) is 12.1 Å². The fourth-order valence-electron chi connectivity index (χ4n) is 1.30. The Kier molecular flexibility index (Phi) is 9.21. The normalized spacial score (nSPS) is 11.6. The highest BCUT2D eigenvalue weighted by atomic mass is 19.4. The van der Waals surface area contributed by atoms with Gasteiger partial charge in [0.15, 0.2) is 0 Å². The van der Waals surface area contributed by atoms with Crippen LogP contribution in [-0.4, -0.2) is 35.8 Å². The van der Waals surface area contributed by atoms with Crippen LogP contribution in [0.3, 0.4) is 0 Å². The smallest absolute Gasteiger partial charge is 0.463 e. The first kappa shape index (κ1) is 22.4. The molecule has 0 bridgehead atoms. The van der Waals surface area contributed by atoms with Crippen molar-refractivity contribution in [1.29, 1.82) is 0 Å². The molecule has 1 aromatic rings. The van der Waals surface area contributed by atoms with Gasteiger partial charge < -0.3 is 21.3 Å². The molecule has 0 fully saturated rings. The molecule has 0 saturated heterocycles. The molecule has 25 heavy (non-hydrogen) atoms. The van der Waals surface area contributed by atoms with Crippen LogP contribution in [0.25, 0.3) is 0 Å². The van der Waals surface area contributed by atoms with Crippen molar-refractivity contribution in [1.82, 2.24) is 0 Å². The molecule has 0 aliphatic carbocycles. The SMILES string of the molecule is CC(C)COC(=O)C(F)(F)F.NCc1ccc(C(N)=NC(=O)O)cc1. The molecule has 0 unspecified atom stereocenters. The van der Waals surface area contributed by atoms with Crippen molar-refractivity contribution in [2.75, 3.05) is 6.61 Å². The monoisotopic (exact) mass is 363 g/mol. The number of nitrogens with two attached hydrogens (primary N) is 2. The number of carbonyl (C=O) groups is 2.